The first kappa shape index (κ1) is 15.9. The lowest BCUT2D eigenvalue weighted by molar-refractivity contribution is -0.124. The smallest absolute Gasteiger partial charge is 0.233 e. The standard InChI is InChI=1S/C13H25N3O3/c1-14-13(19)10-16-7-5-11(6-8-16)15-12(18)4-2-3-9-17/h11,17H,2-10H2,1H3,(H,14,19)(H,15,18). The van der Waals surface area contributed by atoms with Gasteiger partial charge in [-0.25, -0.2) is 0 Å². The van der Waals surface area contributed by atoms with E-state index in [1.165, 1.54) is 0 Å². The predicted octanol–water partition coefficient (Wildman–Crippen LogP) is -0.524. The molecule has 0 spiro atoms. The number of hydrogen-bond donors (Lipinski definition) is 3. The van der Waals surface area contributed by atoms with Crippen LogP contribution in [0.15, 0.2) is 0 Å². The minimum Gasteiger partial charge on any atom is -0.396 e. The molecule has 3 N–H and O–H groups in total. The van der Waals surface area contributed by atoms with Crippen molar-refractivity contribution in [2.24, 2.45) is 0 Å². The van der Waals surface area contributed by atoms with Gasteiger partial charge in [-0.1, -0.05) is 0 Å². The third-order valence-electron chi connectivity index (χ3n) is 3.41. The lowest BCUT2D eigenvalue weighted by Gasteiger charge is -2.31. The molecule has 1 heterocycles. The number of unbranched alkanes of at least 4 members (excludes halogenated alkanes) is 1. The molecule has 0 radical (unpaired) electrons. The van der Waals surface area contributed by atoms with Gasteiger partial charge in [0.1, 0.15) is 0 Å². The third-order valence-corrected chi connectivity index (χ3v) is 3.41. The molecule has 1 aliphatic heterocycles. The van der Waals surface area contributed by atoms with Crippen LogP contribution in [0.4, 0.5) is 0 Å². The molecule has 0 aromatic carbocycles. The summed E-state index contributed by atoms with van der Waals surface area (Å²) in [6, 6.07) is 0.225. The zero-order valence-corrected chi connectivity index (χ0v) is 11.7. The highest BCUT2D eigenvalue weighted by Gasteiger charge is 2.21. The van der Waals surface area contributed by atoms with Crippen molar-refractivity contribution in [3.8, 4) is 0 Å². The van der Waals surface area contributed by atoms with E-state index in [0.717, 1.165) is 32.4 Å². The van der Waals surface area contributed by atoms with Crippen molar-refractivity contribution in [3.63, 3.8) is 0 Å². The molecule has 0 bridgehead atoms. The van der Waals surface area contributed by atoms with Crippen LogP contribution < -0.4 is 10.6 Å². The second kappa shape index (κ2) is 8.87. The molecule has 0 saturated carbocycles. The first-order valence-corrected chi connectivity index (χ1v) is 6.99. The summed E-state index contributed by atoms with van der Waals surface area (Å²) < 4.78 is 0. The van der Waals surface area contributed by atoms with Crippen molar-refractivity contribution in [1.29, 1.82) is 0 Å². The minimum absolute atomic E-state index is 0.0338. The number of piperidine rings is 1. The largest absolute Gasteiger partial charge is 0.396 e. The molecule has 110 valence electrons. The number of nitrogens with zero attached hydrogens (tertiary/aromatic N) is 1. The molecule has 1 rings (SSSR count). The van der Waals surface area contributed by atoms with Gasteiger partial charge in [0.2, 0.25) is 11.8 Å². The number of likely N-dealkylation sites (tertiary alicyclic amines) is 1. The molecule has 1 fully saturated rings. The average molecular weight is 271 g/mol. The summed E-state index contributed by atoms with van der Waals surface area (Å²) >= 11 is 0. The molecule has 0 aromatic rings. The molecule has 1 saturated heterocycles. The highest BCUT2D eigenvalue weighted by atomic mass is 16.3. The molecule has 6 heteroatoms. The number of carbonyl (C=O) groups is 2. The van der Waals surface area contributed by atoms with Crippen molar-refractivity contribution < 1.29 is 14.7 Å². The van der Waals surface area contributed by atoms with E-state index in [1.807, 2.05) is 0 Å². The highest BCUT2D eigenvalue weighted by Crippen LogP contribution is 2.10. The SMILES string of the molecule is CNC(=O)CN1CCC(NC(=O)CCCCO)CC1. The fourth-order valence-electron chi connectivity index (χ4n) is 2.21. The van der Waals surface area contributed by atoms with E-state index in [4.69, 9.17) is 5.11 Å². The second-order valence-electron chi connectivity index (χ2n) is 4.97. The molecular weight excluding hydrogens is 246 g/mol. The second-order valence-corrected chi connectivity index (χ2v) is 4.97. The van der Waals surface area contributed by atoms with Gasteiger partial charge in [0, 0.05) is 39.2 Å². The van der Waals surface area contributed by atoms with Crippen molar-refractivity contribution in [2.75, 3.05) is 33.3 Å². The monoisotopic (exact) mass is 271 g/mol. The molecule has 0 aliphatic carbocycles. The van der Waals surface area contributed by atoms with E-state index in [2.05, 4.69) is 15.5 Å². The van der Waals surface area contributed by atoms with Crippen LogP contribution in [0.1, 0.15) is 32.1 Å². The maximum atomic E-state index is 11.6. The minimum atomic E-state index is 0.0338. The van der Waals surface area contributed by atoms with Crippen LogP contribution in [0, 0.1) is 0 Å². The average Bonchev–Trinajstić information content (AvgIpc) is 2.41. The molecule has 0 unspecified atom stereocenters. The Morgan fingerprint density at radius 3 is 2.47 bits per heavy atom. The zero-order chi connectivity index (χ0) is 14.1. The summed E-state index contributed by atoms with van der Waals surface area (Å²) in [5.41, 5.74) is 0. The maximum absolute atomic E-state index is 11.6. The van der Waals surface area contributed by atoms with Gasteiger partial charge < -0.3 is 15.7 Å². The normalized spacial score (nSPS) is 17.2. The molecule has 0 atom stereocenters. The van der Waals surface area contributed by atoms with Crippen LogP contribution >= 0.6 is 0 Å². The lowest BCUT2D eigenvalue weighted by Crippen LogP contribution is -2.47. The molecule has 2 amide bonds. The van der Waals surface area contributed by atoms with Gasteiger partial charge in [-0.2, -0.15) is 0 Å². The number of aliphatic hydroxyl groups is 1. The molecule has 1 aliphatic rings. The zero-order valence-electron chi connectivity index (χ0n) is 11.7. The van der Waals surface area contributed by atoms with Gasteiger partial charge in [-0.15, -0.1) is 0 Å². The van der Waals surface area contributed by atoms with Gasteiger partial charge in [0.05, 0.1) is 6.54 Å². The number of nitrogens with one attached hydrogen (secondary N) is 2. The lowest BCUT2D eigenvalue weighted by atomic mass is 10.0. The van der Waals surface area contributed by atoms with Crippen molar-refractivity contribution >= 4 is 11.8 Å². The maximum Gasteiger partial charge on any atom is 0.233 e. The number of amides is 2. The van der Waals surface area contributed by atoms with Crippen molar-refractivity contribution in [2.45, 2.75) is 38.1 Å². The number of hydrogen-bond acceptors (Lipinski definition) is 4. The highest BCUT2D eigenvalue weighted by molar-refractivity contribution is 5.77. The van der Waals surface area contributed by atoms with Crippen LogP contribution in [0.2, 0.25) is 0 Å². The molecule has 0 aromatic heterocycles. The summed E-state index contributed by atoms with van der Waals surface area (Å²) in [5.74, 6) is 0.102. The summed E-state index contributed by atoms with van der Waals surface area (Å²) in [6.07, 6.45) is 3.68. The van der Waals surface area contributed by atoms with Crippen molar-refractivity contribution in [3.05, 3.63) is 0 Å². The molecule has 19 heavy (non-hydrogen) atoms. The molecule has 6 nitrogen and oxygen atoms in total. The number of likely N-dealkylation sites (N-methyl/N-ethyl adjacent to an activating group) is 1. The number of aliphatic hydroxyl groups excluding tert-OH is 1. The quantitative estimate of drug-likeness (QED) is 0.544. The topological polar surface area (TPSA) is 81.7 Å². The summed E-state index contributed by atoms with van der Waals surface area (Å²) in [7, 11) is 1.64. The van der Waals surface area contributed by atoms with Crippen molar-refractivity contribution in [1.82, 2.24) is 15.5 Å². The van der Waals surface area contributed by atoms with E-state index in [1.54, 1.807) is 7.05 Å². The van der Waals surface area contributed by atoms with Gasteiger partial charge in [-0.3, -0.25) is 14.5 Å². The van der Waals surface area contributed by atoms with E-state index in [9.17, 15) is 9.59 Å². The Labute approximate surface area is 114 Å². The predicted molar refractivity (Wildman–Crippen MR) is 72.6 cm³/mol. The fraction of sp³-hybridized carbons (Fsp3) is 0.846. The first-order valence-electron chi connectivity index (χ1n) is 6.99. The van der Waals surface area contributed by atoms with E-state index in [-0.39, 0.29) is 24.5 Å². The Balaban J connectivity index is 2.15. The summed E-state index contributed by atoms with van der Waals surface area (Å²) in [5, 5.41) is 14.3. The van der Waals surface area contributed by atoms with Gasteiger partial charge >= 0.3 is 0 Å². The Kier molecular flexibility index (Phi) is 7.43. The summed E-state index contributed by atoms with van der Waals surface area (Å²) in [6.45, 7) is 2.27. The van der Waals surface area contributed by atoms with Gasteiger partial charge in [-0.05, 0) is 25.7 Å². The van der Waals surface area contributed by atoms with E-state index >= 15 is 0 Å². The first-order chi connectivity index (χ1) is 9.15. The van der Waals surface area contributed by atoms with Crippen LogP contribution in [0.5, 0.6) is 0 Å². The Morgan fingerprint density at radius 2 is 1.89 bits per heavy atom. The summed E-state index contributed by atoms with van der Waals surface area (Å²) in [4.78, 5) is 25.0. The van der Waals surface area contributed by atoms with E-state index < -0.39 is 0 Å². The fourth-order valence-corrected chi connectivity index (χ4v) is 2.21. The van der Waals surface area contributed by atoms with Crippen LogP contribution in [0.3, 0.4) is 0 Å². The van der Waals surface area contributed by atoms with Crippen LogP contribution in [0.25, 0.3) is 0 Å². The van der Waals surface area contributed by atoms with Crippen LogP contribution in [-0.4, -0.2) is 61.2 Å². The number of rotatable bonds is 7. The number of carbonyl (C=O) groups excluding carboxylic acids is 2. The third kappa shape index (κ3) is 6.54. The Bertz CT molecular complexity index is 289. The van der Waals surface area contributed by atoms with Crippen LogP contribution in [-0.2, 0) is 9.59 Å². The molecular formula is C13H25N3O3. The van der Waals surface area contributed by atoms with E-state index in [0.29, 0.717) is 19.4 Å². The van der Waals surface area contributed by atoms with Gasteiger partial charge in [0.25, 0.3) is 0 Å². The Hall–Kier alpha value is -1.14. The van der Waals surface area contributed by atoms with Gasteiger partial charge in [0.15, 0.2) is 0 Å². The Morgan fingerprint density at radius 1 is 1.21 bits per heavy atom.